The minimum atomic E-state index is 0.0696. The molecule has 0 rings (SSSR count). The van der Waals surface area contributed by atoms with Gasteiger partial charge in [-0.25, -0.2) is 0 Å². The molecule has 3 heteroatoms. The van der Waals surface area contributed by atoms with Crippen molar-refractivity contribution in [1.82, 2.24) is 0 Å². The van der Waals surface area contributed by atoms with Crippen molar-refractivity contribution in [3.8, 4) is 0 Å². The molecule has 0 amide bonds. The van der Waals surface area contributed by atoms with Crippen molar-refractivity contribution < 1.29 is 14.4 Å². The molecule has 0 radical (unpaired) electrons. The molecule has 0 aliphatic heterocycles. The summed E-state index contributed by atoms with van der Waals surface area (Å²) in [5.41, 5.74) is 0. The Morgan fingerprint density at radius 3 is 1.67 bits per heavy atom. The van der Waals surface area contributed by atoms with E-state index in [1.165, 1.54) is 38.5 Å². The highest BCUT2D eigenvalue weighted by Gasteiger charge is 1.99. The van der Waals surface area contributed by atoms with Gasteiger partial charge in [0, 0.05) is 12.8 Å². The number of rotatable bonds is 14. The largest absolute Gasteiger partial charge is 0.303 e. The Morgan fingerprint density at radius 1 is 0.667 bits per heavy atom. The van der Waals surface area contributed by atoms with Crippen LogP contribution in [0.2, 0.25) is 0 Å². The minimum absolute atomic E-state index is 0.0696. The molecule has 18 heavy (non-hydrogen) atoms. The first-order valence-electron chi connectivity index (χ1n) is 7.20. The molecule has 0 heterocycles. The van der Waals surface area contributed by atoms with E-state index in [4.69, 9.17) is 0 Å². The van der Waals surface area contributed by atoms with Crippen LogP contribution in [0.4, 0.5) is 0 Å². The summed E-state index contributed by atoms with van der Waals surface area (Å²) >= 11 is 0. The molecule has 0 saturated carbocycles. The third-order valence-electron chi connectivity index (χ3n) is 3.09. The van der Waals surface area contributed by atoms with Crippen molar-refractivity contribution >= 4 is 18.4 Å². The van der Waals surface area contributed by atoms with Gasteiger partial charge in [0.05, 0.1) is 6.42 Å². The van der Waals surface area contributed by atoms with Crippen molar-refractivity contribution in [1.29, 1.82) is 0 Å². The summed E-state index contributed by atoms with van der Waals surface area (Å²) in [6.07, 6.45) is 13.4. The average Bonchev–Trinajstić information content (AvgIpc) is 2.36. The first-order valence-corrected chi connectivity index (χ1v) is 7.20. The van der Waals surface area contributed by atoms with E-state index in [2.05, 4.69) is 0 Å². The van der Waals surface area contributed by atoms with E-state index in [-0.39, 0.29) is 12.2 Å². The Morgan fingerprint density at radius 2 is 1.17 bits per heavy atom. The SMILES string of the molecule is O=CCCCCCCCCCCCC(=O)CC=O. The first kappa shape index (κ1) is 17.0. The Bertz CT molecular complexity index is 224. The van der Waals surface area contributed by atoms with Crippen LogP contribution < -0.4 is 0 Å². The van der Waals surface area contributed by atoms with Gasteiger partial charge in [-0.2, -0.15) is 0 Å². The first-order chi connectivity index (χ1) is 8.81. The number of ketones is 1. The fourth-order valence-electron chi connectivity index (χ4n) is 1.98. The van der Waals surface area contributed by atoms with Crippen LogP contribution >= 0.6 is 0 Å². The van der Waals surface area contributed by atoms with Gasteiger partial charge < -0.3 is 9.59 Å². The summed E-state index contributed by atoms with van der Waals surface area (Å²) in [6, 6.07) is 0. The zero-order valence-electron chi connectivity index (χ0n) is 11.4. The fourth-order valence-corrected chi connectivity index (χ4v) is 1.98. The van der Waals surface area contributed by atoms with E-state index >= 15 is 0 Å². The van der Waals surface area contributed by atoms with Gasteiger partial charge in [0.25, 0.3) is 0 Å². The van der Waals surface area contributed by atoms with E-state index in [9.17, 15) is 14.4 Å². The normalized spacial score (nSPS) is 10.2. The fraction of sp³-hybridized carbons (Fsp3) is 0.800. The molecule has 0 aliphatic carbocycles. The molecule has 0 bridgehead atoms. The maximum absolute atomic E-state index is 11.0. The second-order valence-corrected chi connectivity index (χ2v) is 4.80. The summed E-state index contributed by atoms with van der Waals surface area (Å²) in [4.78, 5) is 31.2. The van der Waals surface area contributed by atoms with Crippen LogP contribution in [-0.4, -0.2) is 18.4 Å². The van der Waals surface area contributed by atoms with Crippen molar-refractivity contribution in [3.63, 3.8) is 0 Å². The number of hydrogen-bond acceptors (Lipinski definition) is 3. The van der Waals surface area contributed by atoms with Gasteiger partial charge in [-0.05, 0) is 12.8 Å². The van der Waals surface area contributed by atoms with Crippen molar-refractivity contribution in [2.24, 2.45) is 0 Å². The molecule has 104 valence electrons. The second kappa shape index (κ2) is 14.1. The van der Waals surface area contributed by atoms with Crippen LogP contribution in [0.25, 0.3) is 0 Å². The zero-order chi connectivity index (χ0) is 13.5. The smallest absolute Gasteiger partial charge is 0.139 e. The summed E-state index contributed by atoms with van der Waals surface area (Å²) in [6.45, 7) is 0. The molecule has 0 aromatic heterocycles. The van der Waals surface area contributed by atoms with Gasteiger partial charge >= 0.3 is 0 Å². The van der Waals surface area contributed by atoms with Crippen molar-refractivity contribution in [2.75, 3.05) is 0 Å². The number of carbonyl (C=O) groups is 3. The Hall–Kier alpha value is -0.990. The van der Waals surface area contributed by atoms with Crippen LogP contribution in [0.1, 0.15) is 77.0 Å². The molecule has 0 unspecified atom stereocenters. The zero-order valence-corrected chi connectivity index (χ0v) is 11.4. The quantitative estimate of drug-likeness (QED) is 0.270. The maximum atomic E-state index is 11.0. The lowest BCUT2D eigenvalue weighted by Gasteiger charge is -2.01. The van der Waals surface area contributed by atoms with Crippen LogP contribution in [0.3, 0.4) is 0 Å². The van der Waals surface area contributed by atoms with E-state index in [0.717, 1.165) is 25.5 Å². The molecule has 0 atom stereocenters. The third-order valence-corrected chi connectivity index (χ3v) is 3.09. The number of aldehydes is 2. The van der Waals surface area contributed by atoms with Crippen molar-refractivity contribution in [3.05, 3.63) is 0 Å². The predicted octanol–water partition coefficient (Wildman–Crippen LogP) is 3.63. The minimum Gasteiger partial charge on any atom is -0.303 e. The third kappa shape index (κ3) is 13.1. The summed E-state index contributed by atoms with van der Waals surface area (Å²) in [7, 11) is 0. The average molecular weight is 254 g/mol. The molecule has 3 nitrogen and oxygen atoms in total. The monoisotopic (exact) mass is 254 g/mol. The molecular weight excluding hydrogens is 228 g/mol. The van der Waals surface area contributed by atoms with Crippen LogP contribution in [0.5, 0.6) is 0 Å². The van der Waals surface area contributed by atoms with Gasteiger partial charge in [-0.1, -0.05) is 44.9 Å². The van der Waals surface area contributed by atoms with Gasteiger partial charge in [0.15, 0.2) is 0 Å². The van der Waals surface area contributed by atoms with Crippen LogP contribution in [0, 0.1) is 0 Å². The lowest BCUT2D eigenvalue weighted by molar-refractivity contribution is -0.122. The van der Waals surface area contributed by atoms with Crippen LogP contribution in [0.15, 0.2) is 0 Å². The lowest BCUT2D eigenvalue weighted by Crippen LogP contribution is -1.97. The number of unbranched alkanes of at least 4 members (excludes halogenated alkanes) is 9. The highest BCUT2D eigenvalue weighted by atomic mass is 16.1. The molecule has 0 aromatic carbocycles. The van der Waals surface area contributed by atoms with E-state index < -0.39 is 0 Å². The van der Waals surface area contributed by atoms with E-state index in [0.29, 0.717) is 19.1 Å². The van der Waals surface area contributed by atoms with Gasteiger partial charge in [-0.3, -0.25) is 4.79 Å². The molecule has 0 fully saturated rings. The maximum Gasteiger partial charge on any atom is 0.139 e. The van der Waals surface area contributed by atoms with Gasteiger partial charge in [0.1, 0.15) is 18.4 Å². The summed E-state index contributed by atoms with van der Waals surface area (Å²) in [5.74, 6) is 0.0696. The molecular formula is C15H26O3. The summed E-state index contributed by atoms with van der Waals surface area (Å²) < 4.78 is 0. The number of hydrogen-bond donors (Lipinski definition) is 0. The highest BCUT2D eigenvalue weighted by molar-refractivity contribution is 5.89. The topological polar surface area (TPSA) is 51.2 Å². The highest BCUT2D eigenvalue weighted by Crippen LogP contribution is 2.11. The van der Waals surface area contributed by atoms with E-state index in [1.807, 2.05) is 0 Å². The number of Topliss-reactive ketones (excluding diaryl/α,β-unsaturated/α-hetero) is 1. The van der Waals surface area contributed by atoms with Crippen LogP contribution in [-0.2, 0) is 14.4 Å². The lowest BCUT2D eigenvalue weighted by atomic mass is 10.0. The van der Waals surface area contributed by atoms with Gasteiger partial charge in [0.2, 0.25) is 0 Å². The molecule has 0 spiro atoms. The van der Waals surface area contributed by atoms with Gasteiger partial charge in [-0.15, -0.1) is 0 Å². The predicted molar refractivity (Wildman–Crippen MR) is 72.5 cm³/mol. The Kier molecular flexibility index (Phi) is 13.3. The molecule has 0 aliphatic rings. The summed E-state index contributed by atoms with van der Waals surface area (Å²) in [5, 5.41) is 0. The van der Waals surface area contributed by atoms with Crippen molar-refractivity contribution in [2.45, 2.75) is 77.0 Å². The molecule has 0 aromatic rings. The Balaban J connectivity index is 3.05. The Labute approximate surface area is 110 Å². The second-order valence-electron chi connectivity index (χ2n) is 4.80. The standard InChI is InChI=1S/C15H26O3/c16-13-10-8-6-4-2-1-3-5-7-9-11-15(18)12-14-17/h13-14H,1-12H2. The van der Waals surface area contributed by atoms with E-state index in [1.54, 1.807) is 0 Å². The number of carbonyl (C=O) groups excluding carboxylic acids is 3. The molecule has 0 saturated heterocycles. The molecule has 0 N–H and O–H groups in total.